The quantitative estimate of drug-likeness (QED) is 0.620. The highest BCUT2D eigenvalue weighted by molar-refractivity contribution is 7.10. The Kier molecular flexibility index (Phi) is 4.93. The van der Waals surface area contributed by atoms with E-state index in [1.165, 1.54) is 46.4 Å². The Balaban J connectivity index is 2.02. The highest BCUT2D eigenvalue weighted by atomic mass is 32.1. The molecular formula is C22H27NO3S. The van der Waals surface area contributed by atoms with Gasteiger partial charge in [-0.1, -0.05) is 39.8 Å². The van der Waals surface area contributed by atoms with E-state index in [2.05, 4.69) is 63.4 Å². The second-order valence-corrected chi connectivity index (χ2v) is 9.59. The van der Waals surface area contributed by atoms with Crippen LogP contribution in [-0.2, 0) is 10.8 Å². The molecule has 1 heterocycles. The molecule has 0 amide bonds. The molecule has 1 aliphatic carbocycles. The normalized spacial score (nSPS) is 18.1. The second kappa shape index (κ2) is 6.79. The Morgan fingerprint density at radius 3 is 2.37 bits per heavy atom. The molecule has 0 radical (unpaired) electrons. The van der Waals surface area contributed by atoms with Gasteiger partial charge in [0.25, 0.3) is 0 Å². The van der Waals surface area contributed by atoms with Crippen molar-refractivity contribution in [1.82, 2.24) is 4.98 Å². The lowest BCUT2D eigenvalue weighted by Gasteiger charge is -2.42. The molecule has 1 aromatic carbocycles. The zero-order chi connectivity index (χ0) is 20.0. The van der Waals surface area contributed by atoms with E-state index in [1.807, 2.05) is 6.08 Å². The molecule has 3 rings (SSSR count). The first-order chi connectivity index (χ1) is 12.5. The third-order valence-electron chi connectivity index (χ3n) is 5.66. The first-order valence-corrected chi connectivity index (χ1v) is 10.1. The number of carboxylic acid groups (broad SMARTS) is 1. The van der Waals surface area contributed by atoms with Gasteiger partial charge in [0.15, 0.2) is 0 Å². The SMILES string of the molecule is C/C(=C\c1nc(OC(=O)O)cs1)c1cc2c(cc1C)C(C)(C)CCC2(C)C. The van der Waals surface area contributed by atoms with Gasteiger partial charge in [-0.05, 0) is 71.4 Å². The lowest BCUT2D eigenvalue weighted by atomic mass is 9.62. The number of aromatic nitrogens is 1. The van der Waals surface area contributed by atoms with Crippen molar-refractivity contribution in [2.45, 2.75) is 65.2 Å². The van der Waals surface area contributed by atoms with Crippen molar-refractivity contribution in [2.75, 3.05) is 0 Å². The average molecular weight is 386 g/mol. The van der Waals surface area contributed by atoms with Crippen molar-refractivity contribution in [3.05, 3.63) is 44.8 Å². The van der Waals surface area contributed by atoms with Gasteiger partial charge in [-0.25, -0.2) is 9.78 Å². The van der Waals surface area contributed by atoms with Crippen LogP contribution in [0.15, 0.2) is 17.5 Å². The number of benzene rings is 1. The number of ether oxygens (including phenoxy) is 1. The minimum absolute atomic E-state index is 0.122. The second-order valence-electron chi connectivity index (χ2n) is 8.70. The zero-order valence-electron chi connectivity index (χ0n) is 16.8. The molecule has 2 aromatic rings. The monoisotopic (exact) mass is 385 g/mol. The summed E-state index contributed by atoms with van der Waals surface area (Å²) in [4.78, 5) is 14.9. The van der Waals surface area contributed by atoms with Crippen molar-refractivity contribution < 1.29 is 14.6 Å². The number of aryl methyl sites for hydroxylation is 1. The van der Waals surface area contributed by atoms with Crippen molar-refractivity contribution in [3.63, 3.8) is 0 Å². The van der Waals surface area contributed by atoms with Gasteiger partial charge in [0, 0.05) is 0 Å². The number of nitrogens with zero attached hydrogens (tertiary/aromatic N) is 1. The van der Waals surface area contributed by atoms with Crippen molar-refractivity contribution in [1.29, 1.82) is 0 Å². The molecule has 1 aliphatic rings. The first-order valence-electron chi connectivity index (χ1n) is 9.20. The van der Waals surface area contributed by atoms with Crippen molar-refractivity contribution >= 4 is 29.1 Å². The molecule has 1 aromatic heterocycles. The Morgan fingerprint density at radius 1 is 1.19 bits per heavy atom. The van der Waals surface area contributed by atoms with E-state index in [-0.39, 0.29) is 16.7 Å². The van der Waals surface area contributed by atoms with Gasteiger partial charge in [0.1, 0.15) is 5.01 Å². The standard InChI is InChI=1S/C22H27NO3S/c1-13-9-16-17(22(5,6)8-7-21(16,3)4)11-15(13)14(2)10-19-23-18(12-27-19)26-20(24)25/h9-12H,7-8H2,1-6H3,(H,24,25)/b14-10+. The number of allylic oxidation sites excluding steroid dienone is 1. The molecule has 5 heteroatoms. The summed E-state index contributed by atoms with van der Waals surface area (Å²) < 4.78 is 4.62. The molecule has 0 atom stereocenters. The van der Waals surface area contributed by atoms with Crippen LogP contribution in [0.4, 0.5) is 4.79 Å². The Hall–Kier alpha value is -2.14. The predicted octanol–water partition coefficient (Wildman–Crippen LogP) is 6.42. The number of thiazole rings is 1. The summed E-state index contributed by atoms with van der Waals surface area (Å²) in [5.41, 5.74) is 6.84. The lowest BCUT2D eigenvalue weighted by molar-refractivity contribution is 0.143. The van der Waals surface area contributed by atoms with E-state index >= 15 is 0 Å². The molecule has 0 saturated heterocycles. The van der Waals surface area contributed by atoms with E-state index in [1.54, 1.807) is 5.38 Å². The summed E-state index contributed by atoms with van der Waals surface area (Å²) in [5, 5.41) is 11.0. The van der Waals surface area contributed by atoms with Crippen LogP contribution in [0.5, 0.6) is 5.88 Å². The molecule has 0 fully saturated rings. The van der Waals surface area contributed by atoms with Crippen LogP contribution in [0, 0.1) is 6.92 Å². The number of rotatable bonds is 3. The summed E-state index contributed by atoms with van der Waals surface area (Å²) in [6.45, 7) is 13.6. The maximum atomic E-state index is 10.6. The van der Waals surface area contributed by atoms with Crippen LogP contribution in [0.2, 0.25) is 0 Å². The zero-order valence-corrected chi connectivity index (χ0v) is 17.7. The Bertz CT molecular complexity index is 922. The topological polar surface area (TPSA) is 59.4 Å². The van der Waals surface area contributed by atoms with E-state index < -0.39 is 6.16 Å². The molecule has 144 valence electrons. The van der Waals surface area contributed by atoms with Gasteiger partial charge in [0.2, 0.25) is 5.88 Å². The minimum Gasteiger partial charge on any atom is -0.449 e. The van der Waals surface area contributed by atoms with Crippen molar-refractivity contribution in [3.8, 4) is 5.88 Å². The minimum atomic E-state index is -1.34. The van der Waals surface area contributed by atoms with Crippen molar-refractivity contribution in [2.24, 2.45) is 0 Å². The third-order valence-corrected chi connectivity index (χ3v) is 6.43. The van der Waals surface area contributed by atoms with E-state index in [9.17, 15) is 4.79 Å². The van der Waals surface area contributed by atoms with Crippen LogP contribution >= 0.6 is 11.3 Å². The van der Waals surface area contributed by atoms with Gasteiger partial charge in [0.05, 0.1) is 5.38 Å². The van der Waals surface area contributed by atoms with Crippen LogP contribution in [0.3, 0.4) is 0 Å². The molecule has 0 bridgehead atoms. The molecule has 0 saturated carbocycles. The fraction of sp³-hybridized carbons (Fsp3) is 0.455. The number of hydrogen-bond acceptors (Lipinski definition) is 4. The Labute approximate surface area is 164 Å². The fourth-order valence-corrected chi connectivity index (χ4v) is 4.59. The molecule has 0 aliphatic heterocycles. The van der Waals surface area contributed by atoms with Gasteiger partial charge < -0.3 is 9.84 Å². The van der Waals surface area contributed by atoms with E-state index in [0.29, 0.717) is 0 Å². The van der Waals surface area contributed by atoms with Crippen LogP contribution in [0.1, 0.15) is 74.7 Å². The maximum Gasteiger partial charge on any atom is 0.512 e. The average Bonchev–Trinajstić information content (AvgIpc) is 2.97. The summed E-state index contributed by atoms with van der Waals surface area (Å²) in [5.74, 6) is 0.122. The fourth-order valence-electron chi connectivity index (χ4n) is 3.88. The highest BCUT2D eigenvalue weighted by Gasteiger charge is 2.37. The largest absolute Gasteiger partial charge is 0.512 e. The van der Waals surface area contributed by atoms with Crippen LogP contribution < -0.4 is 4.74 Å². The Morgan fingerprint density at radius 2 is 1.78 bits per heavy atom. The van der Waals surface area contributed by atoms with Gasteiger partial charge in [-0.15, -0.1) is 11.3 Å². The number of carbonyl (C=O) groups is 1. The summed E-state index contributed by atoms with van der Waals surface area (Å²) in [6, 6.07) is 4.70. The molecule has 4 nitrogen and oxygen atoms in total. The van der Waals surface area contributed by atoms with Gasteiger partial charge in [-0.2, -0.15) is 0 Å². The predicted molar refractivity (Wildman–Crippen MR) is 111 cm³/mol. The molecule has 0 unspecified atom stereocenters. The highest BCUT2D eigenvalue weighted by Crippen LogP contribution is 2.47. The molecule has 0 spiro atoms. The maximum absolute atomic E-state index is 10.6. The molecular weight excluding hydrogens is 358 g/mol. The number of fused-ring (bicyclic) bond motifs is 1. The van der Waals surface area contributed by atoms with Gasteiger partial charge in [-0.3, -0.25) is 0 Å². The summed E-state index contributed by atoms with van der Waals surface area (Å²) in [6.07, 6.45) is 3.03. The van der Waals surface area contributed by atoms with Crippen LogP contribution in [0.25, 0.3) is 11.6 Å². The van der Waals surface area contributed by atoms with Crippen LogP contribution in [-0.4, -0.2) is 16.2 Å². The van der Waals surface area contributed by atoms with Gasteiger partial charge >= 0.3 is 6.16 Å². The lowest BCUT2D eigenvalue weighted by Crippen LogP contribution is -2.34. The van der Waals surface area contributed by atoms with E-state index in [0.717, 1.165) is 10.6 Å². The molecule has 1 N–H and O–H groups in total. The molecule has 27 heavy (non-hydrogen) atoms. The third kappa shape index (κ3) is 3.93. The smallest absolute Gasteiger partial charge is 0.449 e. The first kappa shape index (κ1) is 19.6. The summed E-state index contributed by atoms with van der Waals surface area (Å²) >= 11 is 1.37. The van der Waals surface area contributed by atoms with E-state index in [4.69, 9.17) is 5.11 Å². The summed E-state index contributed by atoms with van der Waals surface area (Å²) in [7, 11) is 0. The number of hydrogen-bond donors (Lipinski definition) is 1.